The number of amides is 3. The largest absolute Gasteiger partial charge is 0.481 e. The average Bonchev–Trinajstić information content (AvgIpc) is 2.82. The highest BCUT2D eigenvalue weighted by Gasteiger charge is 2.31. The zero-order chi connectivity index (χ0) is 28.1. The Morgan fingerprint density at radius 2 is 1.19 bits per heavy atom. The van der Waals surface area contributed by atoms with E-state index >= 15 is 0 Å². The molecule has 0 fully saturated rings. The molecule has 204 valence electrons. The molecule has 0 heterocycles. The molecule has 0 aliphatic rings. The van der Waals surface area contributed by atoms with Crippen LogP contribution in [0.2, 0.25) is 0 Å². The Kier molecular flexibility index (Phi) is 12.7. The Morgan fingerprint density at radius 1 is 0.730 bits per heavy atom. The van der Waals surface area contributed by atoms with Gasteiger partial charge in [-0.1, -0.05) is 44.2 Å². The lowest BCUT2D eigenvalue weighted by Gasteiger charge is -2.25. The Hall–Kier alpha value is -4.00. The second-order valence-electron chi connectivity index (χ2n) is 8.85. The molecule has 13 heteroatoms. The smallest absolute Gasteiger partial charge is 0.326 e. The van der Waals surface area contributed by atoms with Gasteiger partial charge < -0.3 is 37.0 Å². The molecule has 1 aromatic carbocycles. The molecule has 13 nitrogen and oxygen atoms in total. The van der Waals surface area contributed by atoms with Crippen molar-refractivity contribution in [2.45, 2.75) is 70.1 Å². The van der Waals surface area contributed by atoms with Crippen LogP contribution in [0.15, 0.2) is 30.3 Å². The SMILES string of the molecule is CC(C)C(N)C(=O)NC(CCC(=O)O)C(=O)NC(Cc1ccccc1)C(=O)NC(CCC(=O)O)C(=O)O. The fourth-order valence-corrected chi connectivity index (χ4v) is 3.24. The third-order valence-corrected chi connectivity index (χ3v) is 5.48. The fraction of sp³-hybridized carbons (Fsp3) is 0.500. The van der Waals surface area contributed by atoms with Crippen LogP contribution >= 0.6 is 0 Å². The van der Waals surface area contributed by atoms with E-state index in [2.05, 4.69) is 16.0 Å². The van der Waals surface area contributed by atoms with Gasteiger partial charge in [-0.15, -0.1) is 0 Å². The lowest BCUT2D eigenvalue weighted by atomic mass is 10.0. The van der Waals surface area contributed by atoms with Crippen LogP contribution in [0.3, 0.4) is 0 Å². The first kappa shape index (κ1) is 31.0. The van der Waals surface area contributed by atoms with Gasteiger partial charge in [0.1, 0.15) is 18.1 Å². The van der Waals surface area contributed by atoms with E-state index in [1.165, 1.54) is 0 Å². The van der Waals surface area contributed by atoms with Gasteiger partial charge in [0.15, 0.2) is 0 Å². The molecule has 0 aliphatic carbocycles. The van der Waals surface area contributed by atoms with Crippen molar-refractivity contribution in [3.8, 4) is 0 Å². The number of carbonyl (C=O) groups is 6. The lowest BCUT2D eigenvalue weighted by Crippen LogP contribution is -2.58. The Bertz CT molecular complexity index is 968. The molecule has 3 amide bonds. The number of carboxylic acids is 3. The Morgan fingerprint density at radius 3 is 1.68 bits per heavy atom. The van der Waals surface area contributed by atoms with Crippen LogP contribution in [-0.2, 0) is 35.2 Å². The first-order chi connectivity index (χ1) is 17.3. The number of nitrogens with one attached hydrogen (secondary N) is 3. The fourth-order valence-electron chi connectivity index (χ4n) is 3.24. The predicted molar refractivity (Wildman–Crippen MR) is 130 cm³/mol. The van der Waals surface area contributed by atoms with Crippen molar-refractivity contribution in [3.05, 3.63) is 35.9 Å². The number of carbonyl (C=O) groups excluding carboxylic acids is 3. The molecule has 8 N–H and O–H groups in total. The zero-order valence-corrected chi connectivity index (χ0v) is 20.7. The number of hydrogen-bond acceptors (Lipinski definition) is 7. The van der Waals surface area contributed by atoms with E-state index in [1.807, 2.05) is 0 Å². The van der Waals surface area contributed by atoms with Crippen molar-refractivity contribution in [2.75, 3.05) is 0 Å². The highest BCUT2D eigenvalue weighted by molar-refractivity contribution is 5.94. The van der Waals surface area contributed by atoms with Crippen molar-refractivity contribution in [1.82, 2.24) is 16.0 Å². The van der Waals surface area contributed by atoms with Gasteiger partial charge in [-0.05, 0) is 24.3 Å². The maximum Gasteiger partial charge on any atom is 0.326 e. The molecule has 0 aliphatic heterocycles. The minimum Gasteiger partial charge on any atom is -0.481 e. The minimum atomic E-state index is -1.52. The summed E-state index contributed by atoms with van der Waals surface area (Å²) < 4.78 is 0. The van der Waals surface area contributed by atoms with Crippen LogP contribution in [-0.4, -0.2) is 75.1 Å². The third-order valence-electron chi connectivity index (χ3n) is 5.48. The van der Waals surface area contributed by atoms with Gasteiger partial charge in [0.2, 0.25) is 17.7 Å². The summed E-state index contributed by atoms with van der Waals surface area (Å²) in [5.74, 6) is -6.60. The Labute approximate surface area is 213 Å². The highest BCUT2D eigenvalue weighted by Crippen LogP contribution is 2.08. The van der Waals surface area contributed by atoms with Crippen LogP contribution in [0.4, 0.5) is 0 Å². The number of benzene rings is 1. The van der Waals surface area contributed by atoms with Gasteiger partial charge in [-0.25, -0.2) is 4.79 Å². The number of rotatable bonds is 16. The second kappa shape index (κ2) is 15.2. The van der Waals surface area contributed by atoms with E-state index in [0.29, 0.717) is 5.56 Å². The average molecular weight is 523 g/mol. The zero-order valence-electron chi connectivity index (χ0n) is 20.7. The molecule has 0 saturated heterocycles. The topological polar surface area (TPSA) is 225 Å². The number of aliphatic carboxylic acids is 3. The first-order valence-corrected chi connectivity index (χ1v) is 11.7. The molecular formula is C24H34N4O9. The van der Waals surface area contributed by atoms with Crippen molar-refractivity contribution in [2.24, 2.45) is 11.7 Å². The van der Waals surface area contributed by atoms with Crippen molar-refractivity contribution >= 4 is 35.6 Å². The molecule has 1 aromatic rings. The molecule has 0 bridgehead atoms. The predicted octanol–water partition coefficient (Wildman–Crippen LogP) is -0.519. The van der Waals surface area contributed by atoms with Gasteiger partial charge in [0.25, 0.3) is 0 Å². The van der Waals surface area contributed by atoms with Crippen molar-refractivity contribution in [1.29, 1.82) is 0 Å². The molecule has 0 aromatic heterocycles. The first-order valence-electron chi connectivity index (χ1n) is 11.7. The summed E-state index contributed by atoms with van der Waals surface area (Å²) in [7, 11) is 0. The van der Waals surface area contributed by atoms with Gasteiger partial charge in [-0.2, -0.15) is 0 Å². The van der Waals surface area contributed by atoms with E-state index in [4.69, 9.17) is 15.9 Å². The molecule has 0 radical (unpaired) electrons. The minimum absolute atomic E-state index is 0.0607. The summed E-state index contributed by atoms with van der Waals surface area (Å²) in [4.78, 5) is 72.0. The molecule has 1 rings (SSSR count). The maximum absolute atomic E-state index is 13.1. The van der Waals surface area contributed by atoms with Gasteiger partial charge in [-0.3, -0.25) is 24.0 Å². The summed E-state index contributed by atoms with van der Waals surface area (Å²) in [5.41, 5.74) is 6.45. The summed E-state index contributed by atoms with van der Waals surface area (Å²) in [6.07, 6.45) is -1.69. The van der Waals surface area contributed by atoms with Crippen LogP contribution in [0.25, 0.3) is 0 Å². The lowest BCUT2D eigenvalue weighted by molar-refractivity contribution is -0.143. The van der Waals surface area contributed by atoms with E-state index in [-0.39, 0.29) is 25.2 Å². The van der Waals surface area contributed by atoms with E-state index in [1.54, 1.807) is 44.2 Å². The highest BCUT2D eigenvalue weighted by atomic mass is 16.4. The number of nitrogens with two attached hydrogens (primary N) is 1. The van der Waals surface area contributed by atoms with Gasteiger partial charge in [0.05, 0.1) is 6.04 Å². The molecule has 4 atom stereocenters. The van der Waals surface area contributed by atoms with Crippen LogP contribution in [0.5, 0.6) is 0 Å². The summed E-state index contributed by atoms with van der Waals surface area (Å²) in [5, 5.41) is 34.4. The van der Waals surface area contributed by atoms with Crippen LogP contribution in [0, 0.1) is 5.92 Å². The van der Waals surface area contributed by atoms with E-state index in [9.17, 15) is 33.9 Å². The summed E-state index contributed by atoms with van der Waals surface area (Å²) >= 11 is 0. The molecular weight excluding hydrogens is 488 g/mol. The van der Waals surface area contributed by atoms with E-state index in [0.717, 1.165) is 0 Å². The molecule has 4 unspecified atom stereocenters. The van der Waals surface area contributed by atoms with Crippen LogP contribution < -0.4 is 21.7 Å². The molecule has 0 spiro atoms. The third kappa shape index (κ3) is 11.5. The normalized spacial score (nSPS) is 14.1. The summed E-state index contributed by atoms with van der Waals surface area (Å²) in [6.45, 7) is 3.39. The van der Waals surface area contributed by atoms with Crippen molar-refractivity contribution in [3.63, 3.8) is 0 Å². The van der Waals surface area contributed by atoms with Gasteiger partial charge >= 0.3 is 17.9 Å². The summed E-state index contributed by atoms with van der Waals surface area (Å²) in [6, 6.07) is 3.35. The molecule has 0 saturated carbocycles. The van der Waals surface area contributed by atoms with E-state index < -0.39 is 72.6 Å². The second-order valence-corrected chi connectivity index (χ2v) is 8.85. The van der Waals surface area contributed by atoms with Crippen molar-refractivity contribution < 1.29 is 44.1 Å². The standard InChI is InChI=1S/C24H34N4O9/c1-13(2)20(25)23(35)26-15(8-10-18(29)30)21(33)28-17(12-14-6-4-3-5-7-14)22(34)27-16(24(36)37)9-11-19(31)32/h3-7,13,15-17,20H,8-12,25H2,1-2H3,(H,26,35)(H,27,34)(H,28,33)(H,29,30)(H,31,32)(H,36,37). The quantitative estimate of drug-likeness (QED) is 0.147. The molecule has 37 heavy (non-hydrogen) atoms. The monoisotopic (exact) mass is 522 g/mol. The van der Waals surface area contributed by atoms with Gasteiger partial charge in [0, 0.05) is 19.3 Å². The van der Waals surface area contributed by atoms with Crippen LogP contribution in [0.1, 0.15) is 45.1 Å². The maximum atomic E-state index is 13.1. The number of carboxylic acid groups (broad SMARTS) is 3. The number of hydrogen-bond donors (Lipinski definition) is 7. The Balaban J connectivity index is 3.15.